The number of anilines is 2. The molecule has 2 aliphatic rings. The second-order valence-electron chi connectivity index (χ2n) is 6.51. The summed E-state index contributed by atoms with van der Waals surface area (Å²) < 4.78 is 19.8. The van der Waals surface area contributed by atoms with E-state index in [9.17, 15) is 14.0 Å². The Morgan fingerprint density at radius 1 is 1.40 bits per heavy atom. The first-order valence-corrected chi connectivity index (χ1v) is 8.46. The van der Waals surface area contributed by atoms with E-state index in [1.807, 2.05) is 4.90 Å². The van der Waals surface area contributed by atoms with Crippen molar-refractivity contribution in [1.29, 1.82) is 0 Å². The summed E-state index contributed by atoms with van der Waals surface area (Å²) in [6, 6.07) is 4.94. The van der Waals surface area contributed by atoms with Crippen LogP contribution in [0.1, 0.15) is 19.8 Å². The van der Waals surface area contributed by atoms with Crippen molar-refractivity contribution in [2.24, 2.45) is 5.73 Å². The molecule has 1 atom stereocenters. The molecule has 1 aromatic rings. The molecule has 8 heteroatoms. The van der Waals surface area contributed by atoms with E-state index in [1.165, 1.54) is 17.9 Å². The predicted octanol–water partition coefficient (Wildman–Crippen LogP) is 1.21. The Morgan fingerprint density at radius 3 is 2.76 bits per heavy atom. The Kier molecular flexibility index (Phi) is 5.08. The second kappa shape index (κ2) is 7.26. The highest BCUT2D eigenvalue weighted by Crippen LogP contribution is 2.29. The molecule has 25 heavy (non-hydrogen) atoms. The number of cyclic esters (lactones) is 1. The number of carbonyl (C=O) groups excluding carboxylic acids is 2. The fourth-order valence-corrected chi connectivity index (χ4v) is 3.16. The summed E-state index contributed by atoms with van der Waals surface area (Å²) in [6.45, 7) is 3.36. The molecule has 7 nitrogen and oxygen atoms in total. The van der Waals surface area contributed by atoms with Crippen molar-refractivity contribution in [2.75, 3.05) is 36.0 Å². The molecule has 2 aliphatic heterocycles. The topological polar surface area (TPSA) is 87.9 Å². The van der Waals surface area contributed by atoms with Gasteiger partial charge in [0.15, 0.2) is 0 Å². The minimum absolute atomic E-state index is 0.179. The number of ether oxygens (including phenoxy) is 1. The van der Waals surface area contributed by atoms with Gasteiger partial charge < -0.3 is 20.7 Å². The molecule has 0 saturated carbocycles. The lowest BCUT2D eigenvalue weighted by atomic mass is 10.1. The van der Waals surface area contributed by atoms with Crippen molar-refractivity contribution < 1.29 is 18.7 Å². The van der Waals surface area contributed by atoms with Crippen LogP contribution in [0, 0.1) is 5.82 Å². The summed E-state index contributed by atoms with van der Waals surface area (Å²) in [6.07, 6.45) is 0.698. The first kappa shape index (κ1) is 17.5. The molecule has 0 radical (unpaired) electrons. The van der Waals surface area contributed by atoms with Crippen LogP contribution in [0.4, 0.5) is 20.6 Å². The van der Waals surface area contributed by atoms with Crippen molar-refractivity contribution in [1.82, 2.24) is 5.32 Å². The van der Waals surface area contributed by atoms with Crippen molar-refractivity contribution >= 4 is 23.4 Å². The van der Waals surface area contributed by atoms with E-state index in [0.717, 1.165) is 25.9 Å². The molecule has 2 heterocycles. The molecule has 3 N–H and O–H groups in total. The maximum Gasteiger partial charge on any atom is 0.414 e. The predicted molar refractivity (Wildman–Crippen MR) is 92.1 cm³/mol. The van der Waals surface area contributed by atoms with Gasteiger partial charge in [-0.2, -0.15) is 0 Å². The number of hydrogen-bond donors (Lipinski definition) is 2. The smallest absolute Gasteiger partial charge is 0.414 e. The second-order valence-corrected chi connectivity index (χ2v) is 6.51. The number of carbonyl (C=O) groups is 2. The van der Waals surface area contributed by atoms with E-state index in [1.54, 1.807) is 12.1 Å². The fourth-order valence-electron chi connectivity index (χ4n) is 3.16. The highest BCUT2D eigenvalue weighted by atomic mass is 19.1. The average Bonchev–Trinajstić information content (AvgIpc) is 2.95. The number of piperidine rings is 1. The molecular formula is C17H23FN4O3. The highest BCUT2D eigenvalue weighted by molar-refractivity contribution is 5.90. The number of benzene rings is 1. The molecule has 1 aromatic carbocycles. The Balaban J connectivity index is 1.68. The maximum atomic E-state index is 14.6. The number of nitrogens with zero attached hydrogens (tertiary/aromatic N) is 2. The van der Waals surface area contributed by atoms with Gasteiger partial charge in [0, 0.05) is 26.1 Å². The van der Waals surface area contributed by atoms with Gasteiger partial charge in [-0.15, -0.1) is 0 Å². The zero-order valence-corrected chi connectivity index (χ0v) is 14.2. The van der Waals surface area contributed by atoms with E-state index in [2.05, 4.69) is 5.32 Å². The van der Waals surface area contributed by atoms with Crippen LogP contribution >= 0.6 is 0 Å². The zero-order chi connectivity index (χ0) is 18.0. The van der Waals surface area contributed by atoms with Crippen LogP contribution in [0.15, 0.2) is 18.2 Å². The Bertz CT molecular complexity index is 661. The van der Waals surface area contributed by atoms with E-state index in [-0.39, 0.29) is 30.9 Å². The van der Waals surface area contributed by atoms with Gasteiger partial charge in [0.05, 0.1) is 24.5 Å². The summed E-state index contributed by atoms with van der Waals surface area (Å²) in [7, 11) is 0. The quantitative estimate of drug-likeness (QED) is 0.852. The Morgan fingerprint density at radius 2 is 2.12 bits per heavy atom. The molecular weight excluding hydrogens is 327 g/mol. The van der Waals surface area contributed by atoms with Gasteiger partial charge in [0.25, 0.3) is 0 Å². The molecule has 2 amide bonds. The van der Waals surface area contributed by atoms with Gasteiger partial charge >= 0.3 is 6.09 Å². The average molecular weight is 350 g/mol. The molecule has 3 rings (SSSR count). The SMILES string of the molecule is CC(=O)NC[C@H]1CN(c2ccc(N3CCC(N)CC3)c(F)c2)C(=O)O1. The van der Waals surface area contributed by atoms with Gasteiger partial charge in [-0.3, -0.25) is 9.69 Å². The third-order valence-corrected chi connectivity index (χ3v) is 4.58. The molecule has 2 saturated heterocycles. The number of nitrogens with two attached hydrogens (primary N) is 1. The summed E-state index contributed by atoms with van der Waals surface area (Å²) in [5.41, 5.74) is 6.86. The van der Waals surface area contributed by atoms with Crippen LogP contribution in [0.5, 0.6) is 0 Å². The van der Waals surface area contributed by atoms with Gasteiger partial charge in [0.1, 0.15) is 11.9 Å². The van der Waals surface area contributed by atoms with Crippen molar-refractivity contribution in [3.8, 4) is 0 Å². The minimum Gasteiger partial charge on any atom is -0.442 e. The summed E-state index contributed by atoms with van der Waals surface area (Å²) in [5, 5.41) is 2.61. The number of hydrogen-bond acceptors (Lipinski definition) is 5. The minimum atomic E-state index is -0.536. The van der Waals surface area contributed by atoms with E-state index >= 15 is 0 Å². The number of amides is 2. The van der Waals surface area contributed by atoms with Gasteiger partial charge in [0.2, 0.25) is 5.91 Å². The number of rotatable bonds is 4. The zero-order valence-electron chi connectivity index (χ0n) is 14.2. The van der Waals surface area contributed by atoms with Crippen LogP contribution in [-0.4, -0.2) is 50.3 Å². The molecule has 0 aliphatic carbocycles. The lowest BCUT2D eigenvalue weighted by Gasteiger charge is -2.32. The fraction of sp³-hybridized carbons (Fsp3) is 0.529. The summed E-state index contributed by atoms with van der Waals surface area (Å²) >= 11 is 0. The van der Waals surface area contributed by atoms with Crippen LogP contribution in [0.25, 0.3) is 0 Å². The molecule has 0 unspecified atom stereocenters. The monoisotopic (exact) mass is 350 g/mol. The molecule has 136 valence electrons. The molecule has 2 fully saturated rings. The van der Waals surface area contributed by atoms with Crippen LogP contribution in [0.2, 0.25) is 0 Å². The first-order chi connectivity index (χ1) is 11.9. The number of halogens is 1. The van der Waals surface area contributed by atoms with Crippen molar-refractivity contribution in [3.63, 3.8) is 0 Å². The van der Waals surface area contributed by atoms with Crippen LogP contribution < -0.4 is 20.9 Å². The van der Waals surface area contributed by atoms with E-state index in [0.29, 0.717) is 11.4 Å². The number of nitrogens with one attached hydrogen (secondary N) is 1. The highest BCUT2D eigenvalue weighted by Gasteiger charge is 2.33. The summed E-state index contributed by atoms with van der Waals surface area (Å²) in [5.74, 6) is -0.558. The molecule has 0 spiro atoms. The van der Waals surface area contributed by atoms with Crippen molar-refractivity contribution in [2.45, 2.75) is 31.9 Å². The van der Waals surface area contributed by atoms with Crippen molar-refractivity contribution in [3.05, 3.63) is 24.0 Å². The van der Waals surface area contributed by atoms with Gasteiger partial charge in [-0.25, -0.2) is 9.18 Å². The van der Waals surface area contributed by atoms with Crippen LogP contribution in [-0.2, 0) is 9.53 Å². The third kappa shape index (κ3) is 4.01. The van der Waals surface area contributed by atoms with E-state index < -0.39 is 12.2 Å². The molecule has 0 bridgehead atoms. The first-order valence-electron chi connectivity index (χ1n) is 8.46. The third-order valence-electron chi connectivity index (χ3n) is 4.58. The van der Waals surface area contributed by atoms with Gasteiger partial charge in [-0.1, -0.05) is 0 Å². The summed E-state index contributed by atoms with van der Waals surface area (Å²) in [4.78, 5) is 26.3. The standard InChI is InChI=1S/C17H23FN4O3/c1-11(23)20-9-14-10-22(17(24)25-14)13-2-3-16(15(18)8-13)21-6-4-12(19)5-7-21/h2-3,8,12,14H,4-7,9-10,19H2,1H3,(H,20,23)/t14-/m0/s1. The van der Waals surface area contributed by atoms with E-state index in [4.69, 9.17) is 10.5 Å². The lowest BCUT2D eigenvalue weighted by Crippen LogP contribution is -2.40. The van der Waals surface area contributed by atoms with Gasteiger partial charge in [-0.05, 0) is 31.0 Å². The lowest BCUT2D eigenvalue weighted by molar-refractivity contribution is -0.119. The van der Waals surface area contributed by atoms with Crippen LogP contribution in [0.3, 0.4) is 0 Å². The Hall–Kier alpha value is -2.35. The maximum absolute atomic E-state index is 14.6. The normalized spacial score (nSPS) is 21.4. The molecule has 0 aromatic heterocycles. The Labute approximate surface area is 145 Å². The largest absolute Gasteiger partial charge is 0.442 e.